The zero-order valence-electron chi connectivity index (χ0n) is 9.00. The molecule has 4 heteroatoms. The Morgan fingerprint density at radius 1 is 1.38 bits per heavy atom. The van der Waals surface area contributed by atoms with Crippen LogP contribution >= 0.6 is 22.9 Å². The van der Waals surface area contributed by atoms with Crippen molar-refractivity contribution in [2.75, 3.05) is 0 Å². The van der Waals surface area contributed by atoms with Gasteiger partial charge >= 0.3 is 0 Å². The number of nitrogens with zero attached hydrogens (tertiary/aromatic N) is 1. The second-order valence-corrected chi connectivity index (χ2v) is 5.29. The van der Waals surface area contributed by atoms with Crippen molar-refractivity contribution in [3.05, 3.63) is 40.1 Å². The van der Waals surface area contributed by atoms with Crippen LogP contribution in [0.15, 0.2) is 24.4 Å². The summed E-state index contributed by atoms with van der Waals surface area (Å²) in [6.45, 7) is 4.17. The fraction of sp³-hybridized carbons (Fsp3) is 0.250. The molecule has 0 bridgehead atoms. The van der Waals surface area contributed by atoms with Gasteiger partial charge in [0.25, 0.3) is 0 Å². The maximum atomic E-state index is 13.6. The molecule has 0 aliphatic carbocycles. The number of benzene rings is 1. The number of halogens is 2. The molecule has 2 rings (SSSR count). The van der Waals surface area contributed by atoms with Crippen LogP contribution in [0.4, 0.5) is 4.39 Å². The molecule has 84 valence electrons. The van der Waals surface area contributed by atoms with Gasteiger partial charge in [-0.3, -0.25) is 0 Å². The molecule has 1 heterocycles. The van der Waals surface area contributed by atoms with Gasteiger partial charge in [-0.1, -0.05) is 31.5 Å². The van der Waals surface area contributed by atoms with E-state index in [1.54, 1.807) is 18.3 Å². The van der Waals surface area contributed by atoms with Crippen molar-refractivity contribution in [1.82, 2.24) is 4.98 Å². The third-order valence-electron chi connectivity index (χ3n) is 2.27. The minimum absolute atomic E-state index is 0.322. The van der Waals surface area contributed by atoms with Crippen LogP contribution in [0.1, 0.15) is 24.6 Å². The average Bonchev–Trinajstić information content (AvgIpc) is 2.66. The van der Waals surface area contributed by atoms with Gasteiger partial charge in [-0.25, -0.2) is 9.37 Å². The Balaban J connectivity index is 2.50. The summed E-state index contributed by atoms with van der Waals surface area (Å²) >= 11 is 7.47. The van der Waals surface area contributed by atoms with Crippen LogP contribution in [0.5, 0.6) is 0 Å². The molecule has 0 N–H and O–H groups in total. The molecule has 0 fully saturated rings. The summed E-state index contributed by atoms with van der Waals surface area (Å²) in [6.07, 6.45) is 1.79. The lowest BCUT2D eigenvalue weighted by Gasteiger charge is -2.01. The molecule has 2 aromatic rings. The molecular formula is C12H11ClFNS. The van der Waals surface area contributed by atoms with Crippen LogP contribution in [-0.4, -0.2) is 4.98 Å². The summed E-state index contributed by atoms with van der Waals surface area (Å²) in [4.78, 5) is 5.36. The summed E-state index contributed by atoms with van der Waals surface area (Å²) < 4.78 is 13.6. The van der Waals surface area contributed by atoms with Gasteiger partial charge < -0.3 is 0 Å². The van der Waals surface area contributed by atoms with Crippen LogP contribution in [-0.2, 0) is 0 Å². The molecular weight excluding hydrogens is 245 g/mol. The average molecular weight is 256 g/mol. The van der Waals surface area contributed by atoms with Gasteiger partial charge in [-0.15, -0.1) is 11.3 Å². The predicted molar refractivity (Wildman–Crippen MR) is 66.6 cm³/mol. The van der Waals surface area contributed by atoms with Gasteiger partial charge in [0.1, 0.15) is 10.8 Å². The standard InChI is InChI=1S/C12H11ClFNS/c1-7(2)10-6-15-12(16-10)11-8(13)4-3-5-9(11)14/h3-7H,1-2H3. The summed E-state index contributed by atoms with van der Waals surface area (Å²) in [5.41, 5.74) is 0.404. The number of hydrogen-bond acceptors (Lipinski definition) is 2. The van der Waals surface area contributed by atoms with Crippen molar-refractivity contribution in [3.8, 4) is 10.6 Å². The van der Waals surface area contributed by atoms with Gasteiger partial charge in [0.05, 0.1) is 10.6 Å². The Hall–Kier alpha value is -0.930. The van der Waals surface area contributed by atoms with Crippen molar-refractivity contribution in [1.29, 1.82) is 0 Å². The minimum atomic E-state index is -0.322. The molecule has 0 amide bonds. The number of thiazole rings is 1. The second kappa shape index (κ2) is 4.52. The Labute approximate surface area is 103 Å². The highest BCUT2D eigenvalue weighted by Gasteiger charge is 2.14. The van der Waals surface area contributed by atoms with E-state index < -0.39 is 0 Å². The Morgan fingerprint density at radius 2 is 2.12 bits per heavy atom. The van der Waals surface area contributed by atoms with Crippen molar-refractivity contribution in [2.45, 2.75) is 19.8 Å². The Morgan fingerprint density at radius 3 is 2.69 bits per heavy atom. The molecule has 0 spiro atoms. The molecule has 16 heavy (non-hydrogen) atoms. The predicted octanol–water partition coefficient (Wildman–Crippen LogP) is 4.73. The topological polar surface area (TPSA) is 12.9 Å². The van der Waals surface area contributed by atoms with E-state index in [1.165, 1.54) is 17.4 Å². The third kappa shape index (κ3) is 2.11. The van der Waals surface area contributed by atoms with Gasteiger partial charge in [0.2, 0.25) is 0 Å². The quantitative estimate of drug-likeness (QED) is 0.756. The first-order chi connectivity index (χ1) is 7.59. The summed E-state index contributed by atoms with van der Waals surface area (Å²) in [7, 11) is 0. The minimum Gasteiger partial charge on any atom is -0.244 e. The zero-order chi connectivity index (χ0) is 11.7. The molecule has 0 saturated heterocycles. The van der Waals surface area contributed by atoms with Crippen LogP contribution in [0.2, 0.25) is 5.02 Å². The molecule has 0 unspecified atom stereocenters. The summed E-state index contributed by atoms with van der Waals surface area (Å²) in [5, 5.41) is 1.05. The maximum absolute atomic E-state index is 13.6. The molecule has 0 aliphatic heterocycles. The van der Waals surface area contributed by atoms with Crippen LogP contribution < -0.4 is 0 Å². The molecule has 1 nitrogen and oxygen atoms in total. The van der Waals surface area contributed by atoms with Gasteiger partial charge in [0.15, 0.2) is 0 Å². The lowest BCUT2D eigenvalue weighted by molar-refractivity contribution is 0.631. The molecule has 1 aromatic carbocycles. The van der Waals surface area contributed by atoms with E-state index in [9.17, 15) is 4.39 Å². The van der Waals surface area contributed by atoms with Crippen LogP contribution in [0.25, 0.3) is 10.6 Å². The molecule has 0 aliphatic rings. The SMILES string of the molecule is CC(C)c1cnc(-c2c(F)cccc2Cl)s1. The molecule has 0 saturated carbocycles. The van der Waals surface area contributed by atoms with Crippen molar-refractivity contribution >= 4 is 22.9 Å². The number of aromatic nitrogens is 1. The van der Waals surface area contributed by atoms with E-state index in [1.807, 2.05) is 0 Å². The van der Waals surface area contributed by atoms with E-state index in [4.69, 9.17) is 11.6 Å². The van der Waals surface area contributed by atoms with Crippen LogP contribution in [0, 0.1) is 5.82 Å². The highest BCUT2D eigenvalue weighted by molar-refractivity contribution is 7.15. The summed E-state index contributed by atoms with van der Waals surface area (Å²) in [5.74, 6) is 0.0777. The van der Waals surface area contributed by atoms with Gasteiger partial charge in [0, 0.05) is 11.1 Å². The lowest BCUT2D eigenvalue weighted by Crippen LogP contribution is -1.83. The first-order valence-electron chi connectivity index (χ1n) is 4.99. The number of hydrogen-bond donors (Lipinski definition) is 0. The first kappa shape index (κ1) is 11.6. The third-order valence-corrected chi connectivity index (χ3v) is 3.90. The van der Waals surface area contributed by atoms with Crippen molar-refractivity contribution in [3.63, 3.8) is 0 Å². The van der Waals surface area contributed by atoms with Gasteiger partial charge in [-0.2, -0.15) is 0 Å². The van der Waals surface area contributed by atoms with Crippen LogP contribution in [0.3, 0.4) is 0 Å². The lowest BCUT2D eigenvalue weighted by atomic mass is 10.2. The van der Waals surface area contributed by atoms with E-state index >= 15 is 0 Å². The zero-order valence-corrected chi connectivity index (χ0v) is 10.6. The fourth-order valence-electron chi connectivity index (χ4n) is 1.37. The summed E-state index contributed by atoms with van der Waals surface area (Å²) in [6, 6.07) is 4.67. The fourth-order valence-corrected chi connectivity index (χ4v) is 2.66. The highest BCUT2D eigenvalue weighted by Crippen LogP contribution is 2.35. The largest absolute Gasteiger partial charge is 0.244 e. The van der Waals surface area contributed by atoms with E-state index in [-0.39, 0.29) is 5.82 Å². The maximum Gasteiger partial charge on any atom is 0.134 e. The number of rotatable bonds is 2. The van der Waals surface area contributed by atoms with E-state index in [2.05, 4.69) is 18.8 Å². The Bertz CT molecular complexity index is 487. The van der Waals surface area contributed by atoms with Gasteiger partial charge in [-0.05, 0) is 18.1 Å². The molecule has 0 atom stereocenters. The highest BCUT2D eigenvalue weighted by atomic mass is 35.5. The Kier molecular flexibility index (Phi) is 3.26. The van der Waals surface area contributed by atoms with E-state index in [0.29, 0.717) is 21.5 Å². The molecule has 1 aromatic heterocycles. The van der Waals surface area contributed by atoms with Crippen molar-refractivity contribution < 1.29 is 4.39 Å². The normalized spacial score (nSPS) is 11.1. The van der Waals surface area contributed by atoms with E-state index in [0.717, 1.165) is 4.88 Å². The first-order valence-corrected chi connectivity index (χ1v) is 6.19. The second-order valence-electron chi connectivity index (χ2n) is 3.82. The monoisotopic (exact) mass is 255 g/mol. The van der Waals surface area contributed by atoms with Crippen molar-refractivity contribution in [2.24, 2.45) is 0 Å². The molecule has 0 radical (unpaired) electrons. The smallest absolute Gasteiger partial charge is 0.134 e.